The SMILES string of the molecule is O=Cc1c(Br)cccc1C1CCc2cc(C3CC3)ccc2C1=O. The number of hydrogen-bond donors (Lipinski definition) is 0. The molecule has 0 bridgehead atoms. The molecule has 4 rings (SSSR count). The summed E-state index contributed by atoms with van der Waals surface area (Å²) in [5.74, 6) is 0.640. The van der Waals surface area contributed by atoms with Gasteiger partial charge in [0.15, 0.2) is 12.1 Å². The second-order valence-corrected chi connectivity index (χ2v) is 7.36. The van der Waals surface area contributed by atoms with E-state index in [0.29, 0.717) is 11.5 Å². The van der Waals surface area contributed by atoms with E-state index in [4.69, 9.17) is 0 Å². The van der Waals surface area contributed by atoms with E-state index in [1.807, 2.05) is 24.3 Å². The van der Waals surface area contributed by atoms with Crippen molar-refractivity contribution in [3.05, 3.63) is 68.7 Å². The van der Waals surface area contributed by atoms with Crippen molar-refractivity contribution >= 4 is 28.0 Å². The largest absolute Gasteiger partial charge is 0.298 e. The van der Waals surface area contributed by atoms with Gasteiger partial charge in [0.1, 0.15) is 0 Å². The van der Waals surface area contributed by atoms with Crippen molar-refractivity contribution in [2.24, 2.45) is 0 Å². The van der Waals surface area contributed by atoms with Crippen LogP contribution in [0, 0.1) is 0 Å². The molecule has 1 fully saturated rings. The molecule has 0 amide bonds. The molecule has 0 aromatic heterocycles. The maximum atomic E-state index is 13.0. The third-order valence-electron chi connectivity index (χ3n) is 5.04. The number of carbonyl (C=O) groups is 2. The van der Waals surface area contributed by atoms with Gasteiger partial charge in [0, 0.05) is 21.5 Å². The lowest BCUT2D eigenvalue weighted by Crippen LogP contribution is -2.22. The first kappa shape index (κ1) is 14.8. The maximum Gasteiger partial charge on any atom is 0.170 e. The van der Waals surface area contributed by atoms with Crippen LogP contribution in [0.1, 0.15) is 68.5 Å². The second-order valence-electron chi connectivity index (χ2n) is 6.51. The molecule has 1 atom stereocenters. The van der Waals surface area contributed by atoms with Gasteiger partial charge in [0.05, 0.1) is 0 Å². The Bertz CT molecular complexity index is 805. The molecule has 2 aromatic rings. The molecule has 0 N–H and O–H groups in total. The summed E-state index contributed by atoms with van der Waals surface area (Å²) < 4.78 is 0.757. The highest BCUT2D eigenvalue weighted by Crippen LogP contribution is 2.42. The molecule has 1 unspecified atom stereocenters. The van der Waals surface area contributed by atoms with Gasteiger partial charge in [-0.3, -0.25) is 9.59 Å². The van der Waals surface area contributed by atoms with Gasteiger partial charge in [-0.2, -0.15) is 0 Å². The first-order valence-corrected chi connectivity index (χ1v) is 8.89. The zero-order valence-electron chi connectivity index (χ0n) is 12.7. The van der Waals surface area contributed by atoms with E-state index < -0.39 is 0 Å². The lowest BCUT2D eigenvalue weighted by atomic mass is 9.77. The Labute approximate surface area is 144 Å². The van der Waals surface area contributed by atoms with Crippen LogP contribution in [-0.2, 0) is 6.42 Å². The van der Waals surface area contributed by atoms with Gasteiger partial charge in [-0.05, 0) is 54.4 Å². The summed E-state index contributed by atoms with van der Waals surface area (Å²) in [5, 5.41) is 0. The van der Waals surface area contributed by atoms with E-state index in [0.717, 1.165) is 34.7 Å². The van der Waals surface area contributed by atoms with Gasteiger partial charge >= 0.3 is 0 Å². The van der Waals surface area contributed by atoms with Crippen LogP contribution >= 0.6 is 15.9 Å². The molecule has 2 aliphatic carbocycles. The van der Waals surface area contributed by atoms with Crippen LogP contribution in [0.2, 0.25) is 0 Å². The molecule has 0 heterocycles. The molecule has 0 spiro atoms. The molecule has 2 aromatic carbocycles. The molecule has 3 heteroatoms. The zero-order chi connectivity index (χ0) is 16.0. The third kappa shape index (κ3) is 2.57. The Hall–Kier alpha value is -1.74. The molecular formula is C20H17BrO2. The van der Waals surface area contributed by atoms with Crippen molar-refractivity contribution in [2.45, 2.75) is 37.5 Å². The maximum absolute atomic E-state index is 13.0. The lowest BCUT2D eigenvalue weighted by Gasteiger charge is -2.25. The number of fused-ring (bicyclic) bond motifs is 1. The molecule has 1 saturated carbocycles. The number of aryl methyl sites for hydroxylation is 1. The minimum Gasteiger partial charge on any atom is -0.298 e. The normalized spacial score (nSPS) is 20.2. The summed E-state index contributed by atoms with van der Waals surface area (Å²) in [7, 11) is 0. The first-order valence-electron chi connectivity index (χ1n) is 8.09. The molecule has 0 aliphatic heterocycles. The van der Waals surface area contributed by atoms with E-state index in [9.17, 15) is 9.59 Å². The van der Waals surface area contributed by atoms with E-state index in [1.165, 1.54) is 24.0 Å². The number of hydrogen-bond acceptors (Lipinski definition) is 2. The number of rotatable bonds is 3. The molecule has 0 radical (unpaired) electrons. The number of carbonyl (C=O) groups excluding carboxylic acids is 2. The van der Waals surface area contributed by atoms with Crippen LogP contribution in [0.15, 0.2) is 40.9 Å². The van der Waals surface area contributed by atoms with Gasteiger partial charge in [-0.15, -0.1) is 0 Å². The molecule has 23 heavy (non-hydrogen) atoms. The standard InChI is InChI=1S/C20H17BrO2/c21-19-3-1-2-16(18(19)11-22)17-9-7-14-10-13(12-4-5-12)6-8-15(14)20(17)23/h1-3,6,8,10-12,17H,4-5,7,9H2. The van der Waals surface area contributed by atoms with Crippen LogP contribution < -0.4 is 0 Å². The number of aldehydes is 1. The monoisotopic (exact) mass is 368 g/mol. The van der Waals surface area contributed by atoms with Crippen LogP contribution in [0.3, 0.4) is 0 Å². The van der Waals surface area contributed by atoms with E-state index in [-0.39, 0.29) is 11.7 Å². The second kappa shape index (κ2) is 5.72. The number of ketones is 1. The van der Waals surface area contributed by atoms with Crippen molar-refractivity contribution in [3.8, 4) is 0 Å². The average Bonchev–Trinajstić information content (AvgIpc) is 3.40. The number of Topliss-reactive ketones (excluding diaryl/α,β-unsaturated/α-hetero) is 1. The van der Waals surface area contributed by atoms with Gasteiger partial charge in [-0.25, -0.2) is 0 Å². The van der Waals surface area contributed by atoms with Crippen molar-refractivity contribution in [1.82, 2.24) is 0 Å². The highest BCUT2D eigenvalue weighted by Gasteiger charge is 2.32. The van der Waals surface area contributed by atoms with Crippen molar-refractivity contribution < 1.29 is 9.59 Å². The molecule has 2 aliphatic rings. The predicted octanol–water partition coefficient (Wildman–Crippen LogP) is 5.05. The fourth-order valence-electron chi connectivity index (χ4n) is 3.63. The van der Waals surface area contributed by atoms with Crippen molar-refractivity contribution in [1.29, 1.82) is 0 Å². The van der Waals surface area contributed by atoms with Crippen molar-refractivity contribution in [3.63, 3.8) is 0 Å². The van der Waals surface area contributed by atoms with Gasteiger partial charge in [0.25, 0.3) is 0 Å². The zero-order valence-corrected chi connectivity index (χ0v) is 14.3. The summed E-state index contributed by atoms with van der Waals surface area (Å²) in [6, 6.07) is 12.0. The summed E-state index contributed by atoms with van der Waals surface area (Å²) >= 11 is 3.42. The summed E-state index contributed by atoms with van der Waals surface area (Å²) in [5.41, 5.74) is 4.84. The Morgan fingerprint density at radius 3 is 2.65 bits per heavy atom. The summed E-state index contributed by atoms with van der Waals surface area (Å²) in [4.78, 5) is 24.4. The smallest absolute Gasteiger partial charge is 0.170 e. The fourth-order valence-corrected chi connectivity index (χ4v) is 4.10. The lowest BCUT2D eigenvalue weighted by molar-refractivity contribution is 0.0946. The topological polar surface area (TPSA) is 34.1 Å². The van der Waals surface area contributed by atoms with E-state index in [2.05, 4.69) is 28.1 Å². The molecule has 116 valence electrons. The molecule has 2 nitrogen and oxygen atoms in total. The minimum absolute atomic E-state index is 0.148. The fraction of sp³-hybridized carbons (Fsp3) is 0.300. The van der Waals surface area contributed by atoms with Crippen LogP contribution in [0.4, 0.5) is 0 Å². The summed E-state index contributed by atoms with van der Waals surface area (Å²) in [6.45, 7) is 0. The minimum atomic E-state index is -0.216. The van der Waals surface area contributed by atoms with Gasteiger partial charge in [-0.1, -0.05) is 46.3 Å². The Kier molecular flexibility index (Phi) is 3.68. The van der Waals surface area contributed by atoms with Crippen LogP contribution in [-0.4, -0.2) is 12.1 Å². The Balaban J connectivity index is 1.72. The van der Waals surface area contributed by atoms with E-state index in [1.54, 1.807) is 0 Å². The van der Waals surface area contributed by atoms with Crippen LogP contribution in [0.5, 0.6) is 0 Å². The Morgan fingerprint density at radius 2 is 1.91 bits per heavy atom. The third-order valence-corrected chi connectivity index (χ3v) is 5.73. The van der Waals surface area contributed by atoms with Gasteiger partial charge in [0.2, 0.25) is 0 Å². The molecular weight excluding hydrogens is 352 g/mol. The van der Waals surface area contributed by atoms with E-state index >= 15 is 0 Å². The number of halogens is 1. The highest BCUT2D eigenvalue weighted by molar-refractivity contribution is 9.10. The summed E-state index contributed by atoms with van der Waals surface area (Å²) in [6.07, 6.45) is 5.07. The first-order chi connectivity index (χ1) is 11.2. The highest BCUT2D eigenvalue weighted by atomic mass is 79.9. The predicted molar refractivity (Wildman–Crippen MR) is 93.3 cm³/mol. The van der Waals surface area contributed by atoms with Crippen LogP contribution in [0.25, 0.3) is 0 Å². The number of benzene rings is 2. The molecule has 0 saturated heterocycles. The quantitative estimate of drug-likeness (QED) is 0.710. The van der Waals surface area contributed by atoms with Crippen molar-refractivity contribution in [2.75, 3.05) is 0 Å². The Morgan fingerprint density at radius 1 is 1.09 bits per heavy atom. The van der Waals surface area contributed by atoms with Gasteiger partial charge < -0.3 is 0 Å². The average molecular weight is 369 g/mol.